The highest BCUT2D eigenvalue weighted by atomic mass is 35.5. The van der Waals surface area contributed by atoms with Crippen LogP contribution < -0.4 is 5.32 Å². The monoisotopic (exact) mass is 269 g/mol. The minimum absolute atomic E-state index is 0.694. The zero-order valence-corrected chi connectivity index (χ0v) is 11.1. The van der Waals surface area contributed by atoms with E-state index in [2.05, 4.69) is 28.3 Å². The van der Waals surface area contributed by atoms with Gasteiger partial charge in [-0.1, -0.05) is 29.3 Å². The smallest absolute Gasteiger partial charge is 0.141 e. The van der Waals surface area contributed by atoms with Gasteiger partial charge in [0.05, 0.1) is 5.52 Å². The van der Waals surface area contributed by atoms with Crippen molar-refractivity contribution in [3.63, 3.8) is 0 Å². The SMILES string of the molecule is Cc1ccc2ncnc(Nc3cccc(Cl)c3)c2c1. The molecule has 0 saturated heterocycles. The van der Waals surface area contributed by atoms with Crippen LogP contribution in [0.5, 0.6) is 0 Å². The van der Waals surface area contributed by atoms with E-state index < -0.39 is 0 Å². The van der Waals surface area contributed by atoms with Gasteiger partial charge >= 0.3 is 0 Å². The molecule has 0 aliphatic carbocycles. The predicted octanol–water partition coefficient (Wildman–Crippen LogP) is 4.34. The summed E-state index contributed by atoms with van der Waals surface area (Å²) in [6.07, 6.45) is 1.56. The average molecular weight is 270 g/mol. The van der Waals surface area contributed by atoms with Crippen LogP contribution in [0.4, 0.5) is 11.5 Å². The molecule has 19 heavy (non-hydrogen) atoms. The van der Waals surface area contributed by atoms with Gasteiger partial charge in [0.1, 0.15) is 12.1 Å². The van der Waals surface area contributed by atoms with Gasteiger partial charge in [-0.15, -0.1) is 0 Å². The van der Waals surface area contributed by atoms with Crippen molar-refractivity contribution in [2.75, 3.05) is 5.32 Å². The summed E-state index contributed by atoms with van der Waals surface area (Å²) in [4.78, 5) is 8.57. The number of hydrogen-bond acceptors (Lipinski definition) is 3. The third-order valence-electron chi connectivity index (χ3n) is 2.88. The molecule has 1 N–H and O–H groups in total. The van der Waals surface area contributed by atoms with Gasteiger partial charge in [0.25, 0.3) is 0 Å². The fourth-order valence-electron chi connectivity index (χ4n) is 1.97. The molecule has 0 bridgehead atoms. The van der Waals surface area contributed by atoms with Crippen LogP contribution >= 0.6 is 11.6 Å². The molecule has 0 fully saturated rings. The molecule has 0 radical (unpaired) electrons. The van der Waals surface area contributed by atoms with Crippen LogP contribution in [0.3, 0.4) is 0 Å². The first kappa shape index (κ1) is 11.9. The van der Waals surface area contributed by atoms with E-state index in [0.29, 0.717) is 5.02 Å². The Hall–Kier alpha value is -2.13. The molecule has 1 heterocycles. The lowest BCUT2D eigenvalue weighted by Gasteiger charge is -2.09. The van der Waals surface area contributed by atoms with Gasteiger partial charge in [-0.3, -0.25) is 0 Å². The van der Waals surface area contributed by atoms with E-state index in [1.807, 2.05) is 36.4 Å². The van der Waals surface area contributed by atoms with E-state index in [0.717, 1.165) is 22.4 Å². The Labute approximate surface area is 116 Å². The molecule has 0 aliphatic rings. The maximum Gasteiger partial charge on any atom is 0.141 e. The number of hydrogen-bond donors (Lipinski definition) is 1. The van der Waals surface area contributed by atoms with Gasteiger partial charge in [-0.25, -0.2) is 9.97 Å². The fraction of sp³-hybridized carbons (Fsp3) is 0.0667. The third kappa shape index (κ3) is 2.51. The number of nitrogens with zero attached hydrogens (tertiary/aromatic N) is 2. The van der Waals surface area contributed by atoms with E-state index in [-0.39, 0.29) is 0 Å². The lowest BCUT2D eigenvalue weighted by molar-refractivity contribution is 1.21. The second-order valence-electron chi connectivity index (χ2n) is 4.38. The van der Waals surface area contributed by atoms with Crippen molar-refractivity contribution >= 4 is 34.0 Å². The van der Waals surface area contributed by atoms with Crippen LogP contribution in [0.25, 0.3) is 10.9 Å². The van der Waals surface area contributed by atoms with Crippen molar-refractivity contribution in [2.24, 2.45) is 0 Å². The summed E-state index contributed by atoms with van der Waals surface area (Å²) in [6, 6.07) is 13.7. The highest BCUT2D eigenvalue weighted by molar-refractivity contribution is 6.30. The van der Waals surface area contributed by atoms with E-state index in [4.69, 9.17) is 11.6 Å². The van der Waals surface area contributed by atoms with Crippen LogP contribution in [0.2, 0.25) is 5.02 Å². The summed E-state index contributed by atoms with van der Waals surface area (Å²) in [5, 5.41) is 4.98. The number of aromatic nitrogens is 2. The summed E-state index contributed by atoms with van der Waals surface area (Å²) in [5.41, 5.74) is 3.01. The summed E-state index contributed by atoms with van der Waals surface area (Å²) in [7, 11) is 0. The number of nitrogens with one attached hydrogen (secondary N) is 1. The Balaban J connectivity index is 2.07. The molecule has 0 amide bonds. The van der Waals surface area contributed by atoms with Gasteiger partial charge in [0.2, 0.25) is 0 Å². The number of fused-ring (bicyclic) bond motifs is 1. The Bertz CT molecular complexity index is 740. The quantitative estimate of drug-likeness (QED) is 0.752. The van der Waals surface area contributed by atoms with Crippen LogP contribution in [0.1, 0.15) is 5.56 Å². The summed E-state index contributed by atoms with van der Waals surface area (Å²) in [5.74, 6) is 0.788. The number of aryl methyl sites for hydroxylation is 1. The molecule has 3 nitrogen and oxygen atoms in total. The van der Waals surface area contributed by atoms with Crippen molar-refractivity contribution in [2.45, 2.75) is 6.92 Å². The van der Waals surface area contributed by atoms with E-state index >= 15 is 0 Å². The highest BCUT2D eigenvalue weighted by Crippen LogP contribution is 2.25. The van der Waals surface area contributed by atoms with Crippen molar-refractivity contribution < 1.29 is 0 Å². The van der Waals surface area contributed by atoms with Crippen LogP contribution in [-0.4, -0.2) is 9.97 Å². The molecular weight excluding hydrogens is 258 g/mol. The maximum absolute atomic E-state index is 5.98. The van der Waals surface area contributed by atoms with Gasteiger partial charge in [0.15, 0.2) is 0 Å². The standard InChI is InChI=1S/C15H12ClN3/c1-10-5-6-14-13(7-10)15(18-9-17-14)19-12-4-2-3-11(16)8-12/h2-9H,1H3,(H,17,18,19). The molecule has 0 aliphatic heterocycles. The largest absolute Gasteiger partial charge is 0.340 e. The van der Waals surface area contributed by atoms with Crippen molar-refractivity contribution in [3.8, 4) is 0 Å². The molecule has 0 unspecified atom stereocenters. The number of halogens is 1. The Morgan fingerprint density at radius 1 is 1.05 bits per heavy atom. The minimum atomic E-state index is 0.694. The Morgan fingerprint density at radius 3 is 2.79 bits per heavy atom. The van der Waals surface area contributed by atoms with Crippen LogP contribution in [0.15, 0.2) is 48.8 Å². The Morgan fingerprint density at radius 2 is 1.95 bits per heavy atom. The van der Waals surface area contributed by atoms with Gasteiger partial charge in [-0.2, -0.15) is 0 Å². The number of anilines is 2. The van der Waals surface area contributed by atoms with E-state index in [9.17, 15) is 0 Å². The van der Waals surface area contributed by atoms with Crippen molar-refractivity contribution in [1.82, 2.24) is 9.97 Å². The van der Waals surface area contributed by atoms with Gasteiger partial charge in [0, 0.05) is 16.1 Å². The van der Waals surface area contributed by atoms with Gasteiger partial charge in [-0.05, 0) is 37.3 Å². The fourth-order valence-corrected chi connectivity index (χ4v) is 2.16. The Kier molecular flexibility index (Phi) is 3.05. The first-order chi connectivity index (χ1) is 9.22. The molecule has 0 spiro atoms. The van der Waals surface area contributed by atoms with E-state index in [1.165, 1.54) is 5.56 Å². The molecule has 3 aromatic rings. The molecule has 1 aromatic heterocycles. The normalized spacial score (nSPS) is 10.6. The number of rotatable bonds is 2. The first-order valence-corrected chi connectivity index (χ1v) is 6.34. The first-order valence-electron chi connectivity index (χ1n) is 5.96. The van der Waals surface area contributed by atoms with E-state index in [1.54, 1.807) is 6.33 Å². The molecule has 0 saturated carbocycles. The molecular formula is C15H12ClN3. The number of benzene rings is 2. The topological polar surface area (TPSA) is 37.8 Å². The molecule has 0 atom stereocenters. The molecule has 4 heteroatoms. The second-order valence-corrected chi connectivity index (χ2v) is 4.81. The predicted molar refractivity (Wildman–Crippen MR) is 79.0 cm³/mol. The lowest BCUT2D eigenvalue weighted by Crippen LogP contribution is -1.96. The maximum atomic E-state index is 5.98. The summed E-state index contributed by atoms with van der Waals surface area (Å²) >= 11 is 5.98. The summed E-state index contributed by atoms with van der Waals surface area (Å²) in [6.45, 7) is 2.05. The van der Waals surface area contributed by atoms with Crippen molar-refractivity contribution in [1.29, 1.82) is 0 Å². The molecule has 94 valence electrons. The average Bonchev–Trinajstić information content (AvgIpc) is 2.39. The minimum Gasteiger partial charge on any atom is -0.340 e. The molecule has 2 aromatic carbocycles. The lowest BCUT2D eigenvalue weighted by atomic mass is 10.1. The summed E-state index contributed by atoms with van der Waals surface area (Å²) < 4.78 is 0. The highest BCUT2D eigenvalue weighted by Gasteiger charge is 2.04. The third-order valence-corrected chi connectivity index (χ3v) is 3.11. The zero-order chi connectivity index (χ0) is 13.2. The van der Waals surface area contributed by atoms with Crippen LogP contribution in [-0.2, 0) is 0 Å². The van der Waals surface area contributed by atoms with Crippen LogP contribution in [0, 0.1) is 6.92 Å². The zero-order valence-electron chi connectivity index (χ0n) is 10.4. The van der Waals surface area contributed by atoms with Crippen molar-refractivity contribution in [3.05, 3.63) is 59.4 Å². The van der Waals surface area contributed by atoms with Gasteiger partial charge < -0.3 is 5.32 Å². The second kappa shape index (κ2) is 4.86. The molecule has 3 rings (SSSR count).